The van der Waals surface area contributed by atoms with Crippen LogP contribution in [0.5, 0.6) is 0 Å². The molecule has 2 amide bonds. The first kappa shape index (κ1) is 13.5. The number of benzene rings is 1. The van der Waals surface area contributed by atoms with Crippen molar-refractivity contribution in [2.24, 2.45) is 10.8 Å². The number of hydrogen-bond donors (Lipinski definition) is 2. The number of furan rings is 1. The fourth-order valence-corrected chi connectivity index (χ4v) is 1.81. The minimum atomic E-state index is -0.749. The maximum absolute atomic E-state index is 10.4. The molecule has 0 aliphatic heterocycles. The van der Waals surface area contributed by atoms with Gasteiger partial charge in [-0.3, -0.25) is 0 Å². The number of nitrogens with two attached hydrogens (primary N) is 1. The molecule has 0 radical (unpaired) electrons. The van der Waals surface area contributed by atoms with Crippen molar-refractivity contribution in [1.82, 2.24) is 5.43 Å². The van der Waals surface area contributed by atoms with Crippen molar-refractivity contribution in [2.75, 3.05) is 0 Å². The zero-order valence-corrected chi connectivity index (χ0v) is 11.1. The summed E-state index contributed by atoms with van der Waals surface area (Å²) in [6.07, 6.45) is 1.33. The predicted molar refractivity (Wildman–Crippen MR) is 74.5 cm³/mol. The highest BCUT2D eigenvalue weighted by Crippen LogP contribution is 2.33. The Balaban J connectivity index is 2.23. The summed E-state index contributed by atoms with van der Waals surface area (Å²) in [5, 5.41) is 4.45. The molecule has 1 heterocycles. The monoisotopic (exact) mass is 297 g/mol. The molecule has 3 N–H and O–H groups in total. The Kier molecular flexibility index (Phi) is 4.09. The summed E-state index contributed by atoms with van der Waals surface area (Å²) in [6.45, 7) is 0. The van der Waals surface area contributed by atoms with Gasteiger partial charge in [-0.05, 0) is 24.3 Å². The molecule has 1 aromatic heterocycles. The maximum atomic E-state index is 10.4. The second kappa shape index (κ2) is 5.77. The Morgan fingerprint density at radius 2 is 2.11 bits per heavy atom. The summed E-state index contributed by atoms with van der Waals surface area (Å²) >= 11 is 12.0. The lowest BCUT2D eigenvalue weighted by molar-refractivity contribution is 0.249. The van der Waals surface area contributed by atoms with Gasteiger partial charge in [-0.15, -0.1) is 0 Å². The van der Waals surface area contributed by atoms with Crippen molar-refractivity contribution < 1.29 is 9.21 Å². The van der Waals surface area contributed by atoms with Crippen LogP contribution in [0.2, 0.25) is 10.0 Å². The van der Waals surface area contributed by atoms with Crippen LogP contribution in [0.15, 0.2) is 39.9 Å². The number of nitrogens with one attached hydrogen (secondary N) is 1. The van der Waals surface area contributed by atoms with E-state index < -0.39 is 6.03 Å². The molecule has 98 valence electrons. The zero-order chi connectivity index (χ0) is 13.8. The first-order valence-corrected chi connectivity index (χ1v) is 5.96. The second-order valence-electron chi connectivity index (χ2n) is 3.54. The Morgan fingerprint density at radius 3 is 2.84 bits per heavy atom. The van der Waals surface area contributed by atoms with Crippen LogP contribution in [0.1, 0.15) is 5.76 Å². The van der Waals surface area contributed by atoms with Crippen molar-refractivity contribution in [3.05, 3.63) is 46.1 Å². The van der Waals surface area contributed by atoms with Crippen LogP contribution >= 0.6 is 23.2 Å². The molecule has 19 heavy (non-hydrogen) atoms. The summed E-state index contributed by atoms with van der Waals surface area (Å²) in [4.78, 5) is 10.4. The van der Waals surface area contributed by atoms with Crippen LogP contribution in [0, 0.1) is 0 Å². The molecular formula is C12H9Cl2N3O2. The lowest BCUT2D eigenvalue weighted by Gasteiger charge is -2.01. The Morgan fingerprint density at radius 1 is 1.32 bits per heavy atom. The second-order valence-corrected chi connectivity index (χ2v) is 4.32. The van der Waals surface area contributed by atoms with Gasteiger partial charge in [0, 0.05) is 5.56 Å². The molecule has 2 rings (SSSR count). The van der Waals surface area contributed by atoms with E-state index in [9.17, 15) is 4.79 Å². The Bertz CT molecular complexity index is 638. The molecule has 0 unspecified atom stereocenters. The molecule has 0 aliphatic rings. The molecular weight excluding hydrogens is 289 g/mol. The van der Waals surface area contributed by atoms with Gasteiger partial charge in [0.2, 0.25) is 0 Å². The van der Waals surface area contributed by atoms with Gasteiger partial charge >= 0.3 is 6.03 Å². The fourth-order valence-electron chi connectivity index (χ4n) is 1.42. The van der Waals surface area contributed by atoms with E-state index in [4.69, 9.17) is 33.4 Å². The van der Waals surface area contributed by atoms with Gasteiger partial charge in [-0.1, -0.05) is 29.3 Å². The van der Waals surface area contributed by atoms with Gasteiger partial charge in [0.1, 0.15) is 11.5 Å². The molecule has 0 spiro atoms. The summed E-state index contributed by atoms with van der Waals surface area (Å²) in [5.41, 5.74) is 7.60. The predicted octanol–water partition coefficient (Wildman–Crippen LogP) is 3.26. The molecule has 5 nitrogen and oxygen atoms in total. The first-order valence-electron chi connectivity index (χ1n) is 5.20. The van der Waals surface area contributed by atoms with Crippen molar-refractivity contribution in [1.29, 1.82) is 0 Å². The summed E-state index contributed by atoms with van der Waals surface area (Å²) in [6, 6.07) is 7.91. The largest absolute Gasteiger partial charge is 0.455 e. The molecule has 0 saturated heterocycles. The van der Waals surface area contributed by atoms with E-state index in [0.717, 1.165) is 0 Å². The van der Waals surface area contributed by atoms with Crippen LogP contribution in [0.3, 0.4) is 0 Å². The van der Waals surface area contributed by atoms with Crippen LogP contribution in [-0.4, -0.2) is 12.2 Å². The smallest absolute Gasteiger partial charge is 0.332 e. The molecule has 2 aromatic rings. The van der Waals surface area contributed by atoms with E-state index >= 15 is 0 Å². The van der Waals surface area contributed by atoms with Crippen LogP contribution in [0.25, 0.3) is 11.3 Å². The molecule has 0 aliphatic carbocycles. The highest BCUT2D eigenvalue weighted by Gasteiger charge is 2.10. The summed E-state index contributed by atoms with van der Waals surface area (Å²) in [5.74, 6) is 0.993. The highest BCUT2D eigenvalue weighted by molar-refractivity contribution is 6.43. The number of carbonyl (C=O) groups excluding carboxylic acids is 1. The van der Waals surface area contributed by atoms with Crippen molar-refractivity contribution in [2.45, 2.75) is 0 Å². The molecule has 0 saturated carbocycles. The molecule has 7 heteroatoms. The van der Waals surface area contributed by atoms with Gasteiger partial charge < -0.3 is 10.2 Å². The number of halogens is 2. The number of nitrogens with zero attached hydrogens (tertiary/aromatic N) is 1. The minimum Gasteiger partial charge on any atom is -0.455 e. The van der Waals surface area contributed by atoms with Gasteiger partial charge in [-0.25, -0.2) is 10.2 Å². The van der Waals surface area contributed by atoms with E-state index in [0.29, 0.717) is 27.1 Å². The topological polar surface area (TPSA) is 80.6 Å². The lowest BCUT2D eigenvalue weighted by Crippen LogP contribution is -2.24. The summed E-state index contributed by atoms with van der Waals surface area (Å²) < 4.78 is 5.50. The molecule has 0 bridgehead atoms. The standard InChI is InChI=1S/C12H9Cl2N3O2/c13-9-3-1-2-8(11(9)14)10-5-4-7(19-10)6-16-17-12(15)18/h1-6H,(H3,15,17,18)/b16-6-. The molecule has 0 fully saturated rings. The maximum Gasteiger partial charge on any atom is 0.332 e. The quantitative estimate of drug-likeness (QED) is 0.673. The van der Waals surface area contributed by atoms with Crippen LogP contribution in [-0.2, 0) is 0 Å². The van der Waals surface area contributed by atoms with Crippen LogP contribution in [0.4, 0.5) is 4.79 Å². The van der Waals surface area contributed by atoms with Gasteiger partial charge in [0.15, 0.2) is 0 Å². The van der Waals surface area contributed by atoms with Crippen molar-refractivity contribution in [3.63, 3.8) is 0 Å². The van der Waals surface area contributed by atoms with Gasteiger partial charge in [0.25, 0.3) is 0 Å². The highest BCUT2D eigenvalue weighted by atomic mass is 35.5. The SMILES string of the molecule is NC(=O)N/N=C\c1ccc(-c2cccc(Cl)c2Cl)o1. The van der Waals surface area contributed by atoms with E-state index in [2.05, 4.69) is 10.5 Å². The third-order valence-corrected chi connectivity index (χ3v) is 3.03. The number of urea groups is 1. The average molecular weight is 298 g/mol. The number of hydrazone groups is 1. The van der Waals surface area contributed by atoms with Crippen molar-refractivity contribution in [3.8, 4) is 11.3 Å². The Hall–Kier alpha value is -1.98. The number of hydrogen-bond acceptors (Lipinski definition) is 3. The van der Waals surface area contributed by atoms with Crippen LogP contribution < -0.4 is 11.2 Å². The van der Waals surface area contributed by atoms with E-state index in [1.165, 1.54) is 6.21 Å². The molecule has 0 atom stereocenters. The third-order valence-electron chi connectivity index (χ3n) is 2.21. The average Bonchev–Trinajstić information content (AvgIpc) is 2.81. The fraction of sp³-hybridized carbons (Fsp3) is 0. The first-order chi connectivity index (χ1) is 9.08. The molecule has 1 aromatic carbocycles. The van der Waals surface area contributed by atoms with Gasteiger partial charge in [0.05, 0.1) is 16.3 Å². The lowest BCUT2D eigenvalue weighted by atomic mass is 10.2. The summed E-state index contributed by atoms with van der Waals surface area (Å²) in [7, 11) is 0. The number of rotatable bonds is 3. The third kappa shape index (κ3) is 3.27. The zero-order valence-electron chi connectivity index (χ0n) is 9.56. The minimum absolute atomic E-state index is 0.414. The van der Waals surface area contributed by atoms with E-state index in [-0.39, 0.29) is 0 Å². The van der Waals surface area contributed by atoms with Gasteiger partial charge in [-0.2, -0.15) is 5.10 Å². The Labute approximate surface area is 119 Å². The normalized spacial score (nSPS) is 10.8. The van der Waals surface area contributed by atoms with E-state index in [1.54, 1.807) is 30.3 Å². The van der Waals surface area contributed by atoms with Crippen molar-refractivity contribution >= 4 is 35.4 Å². The number of carbonyl (C=O) groups is 1. The number of primary amides is 1. The number of amides is 2. The van der Waals surface area contributed by atoms with E-state index in [1.807, 2.05) is 0 Å².